The molecule has 2 amide bonds. The number of methoxy groups -OCH3 is 3. The van der Waals surface area contributed by atoms with E-state index in [2.05, 4.69) is 19.2 Å². The van der Waals surface area contributed by atoms with Crippen molar-refractivity contribution >= 4 is 23.6 Å². The van der Waals surface area contributed by atoms with Crippen LogP contribution in [-0.4, -0.2) is 61.8 Å². The van der Waals surface area contributed by atoms with Crippen molar-refractivity contribution in [3.63, 3.8) is 0 Å². The van der Waals surface area contributed by atoms with Gasteiger partial charge in [0.15, 0.2) is 11.5 Å². The zero-order valence-corrected chi connectivity index (χ0v) is 21.3. The topological polar surface area (TPSA) is 77.1 Å². The number of benzene rings is 2. The maximum absolute atomic E-state index is 13.4. The van der Waals surface area contributed by atoms with E-state index in [0.29, 0.717) is 47.4 Å². The quantitative estimate of drug-likeness (QED) is 0.547. The van der Waals surface area contributed by atoms with E-state index in [9.17, 15) is 9.59 Å². The van der Waals surface area contributed by atoms with Crippen LogP contribution in [-0.2, 0) is 11.2 Å². The molecule has 0 aromatic heterocycles. The van der Waals surface area contributed by atoms with E-state index < -0.39 is 6.04 Å². The Hall–Kier alpha value is -2.87. The van der Waals surface area contributed by atoms with Gasteiger partial charge in [0.25, 0.3) is 5.91 Å². The molecule has 1 N–H and O–H groups in total. The van der Waals surface area contributed by atoms with Crippen LogP contribution >= 0.6 is 11.8 Å². The van der Waals surface area contributed by atoms with Gasteiger partial charge in [-0.3, -0.25) is 9.59 Å². The first-order valence-electron chi connectivity index (χ1n) is 11.4. The number of carbonyl (C=O) groups excluding carboxylic acids is 2. The second kappa shape index (κ2) is 12.0. The average Bonchev–Trinajstić information content (AvgIpc) is 3.26. The third-order valence-electron chi connectivity index (χ3n) is 5.80. The number of nitrogens with one attached hydrogen (secondary N) is 1. The molecule has 8 heteroatoms. The Kier molecular flexibility index (Phi) is 9.10. The lowest BCUT2D eigenvalue weighted by Crippen LogP contribution is -2.50. The molecule has 2 atom stereocenters. The molecule has 184 valence electrons. The molecular formula is C26H34N2O5S. The molecule has 2 aromatic rings. The van der Waals surface area contributed by atoms with Crippen LogP contribution in [0.15, 0.2) is 42.5 Å². The summed E-state index contributed by atoms with van der Waals surface area (Å²) in [5.74, 6) is 2.76. The lowest BCUT2D eigenvalue weighted by molar-refractivity contribution is -0.124. The highest BCUT2D eigenvalue weighted by Crippen LogP contribution is 2.35. The summed E-state index contributed by atoms with van der Waals surface area (Å²) in [4.78, 5) is 28.4. The number of hydrogen-bond acceptors (Lipinski definition) is 6. The Morgan fingerprint density at radius 1 is 1.03 bits per heavy atom. The van der Waals surface area contributed by atoms with E-state index in [0.717, 1.165) is 12.0 Å². The van der Waals surface area contributed by atoms with Gasteiger partial charge in [-0.2, -0.15) is 0 Å². The molecule has 2 aromatic carbocycles. The predicted octanol–water partition coefficient (Wildman–Crippen LogP) is 4.00. The van der Waals surface area contributed by atoms with E-state index >= 15 is 0 Å². The monoisotopic (exact) mass is 486 g/mol. The van der Waals surface area contributed by atoms with Crippen LogP contribution in [0.3, 0.4) is 0 Å². The lowest BCUT2D eigenvalue weighted by Gasteiger charge is -2.30. The number of nitrogens with zero attached hydrogens (tertiary/aromatic N) is 1. The summed E-state index contributed by atoms with van der Waals surface area (Å²) in [5, 5.41) is 3.00. The van der Waals surface area contributed by atoms with Crippen LogP contribution in [0, 0.1) is 5.92 Å². The Bertz CT molecular complexity index is 980. The molecule has 7 nitrogen and oxygen atoms in total. The van der Waals surface area contributed by atoms with Crippen molar-refractivity contribution in [1.29, 1.82) is 0 Å². The molecule has 0 bridgehead atoms. The fourth-order valence-electron chi connectivity index (χ4n) is 3.99. The average molecular weight is 487 g/mol. The van der Waals surface area contributed by atoms with Crippen molar-refractivity contribution in [2.45, 2.75) is 38.1 Å². The molecule has 3 rings (SSSR count). The van der Waals surface area contributed by atoms with Gasteiger partial charge >= 0.3 is 0 Å². The Morgan fingerprint density at radius 2 is 1.74 bits per heavy atom. The lowest BCUT2D eigenvalue weighted by atomic mass is 10.1. The Labute approximate surface area is 206 Å². The fourth-order valence-corrected chi connectivity index (χ4v) is 5.63. The minimum atomic E-state index is -0.506. The van der Waals surface area contributed by atoms with Crippen LogP contribution < -0.4 is 19.5 Å². The van der Waals surface area contributed by atoms with E-state index in [1.165, 1.54) is 0 Å². The van der Waals surface area contributed by atoms with E-state index in [-0.39, 0.29) is 17.2 Å². The highest BCUT2D eigenvalue weighted by atomic mass is 32.2. The molecule has 1 saturated heterocycles. The minimum absolute atomic E-state index is 0.0313. The van der Waals surface area contributed by atoms with Crippen molar-refractivity contribution in [3.05, 3.63) is 53.6 Å². The Balaban J connectivity index is 1.68. The highest BCUT2D eigenvalue weighted by Gasteiger charge is 2.41. The number of carbonyl (C=O) groups is 2. The number of hydrogen-bond donors (Lipinski definition) is 1. The molecule has 1 heterocycles. The second-order valence-electron chi connectivity index (χ2n) is 8.60. The maximum atomic E-state index is 13.4. The molecule has 0 radical (unpaired) electrons. The molecule has 1 aliphatic rings. The molecule has 0 aliphatic carbocycles. The van der Waals surface area contributed by atoms with Crippen molar-refractivity contribution in [1.82, 2.24) is 10.2 Å². The summed E-state index contributed by atoms with van der Waals surface area (Å²) in [6.07, 6.45) is 1.48. The van der Waals surface area contributed by atoms with Crippen molar-refractivity contribution < 1.29 is 23.8 Å². The molecule has 2 unspecified atom stereocenters. The fraction of sp³-hybridized carbons (Fsp3) is 0.462. The van der Waals surface area contributed by atoms with Crippen LogP contribution in [0.4, 0.5) is 0 Å². The maximum Gasteiger partial charge on any atom is 0.255 e. The second-order valence-corrected chi connectivity index (χ2v) is 9.82. The summed E-state index contributed by atoms with van der Waals surface area (Å²) in [6.45, 7) is 4.73. The van der Waals surface area contributed by atoms with Gasteiger partial charge < -0.3 is 24.4 Å². The molecule has 0 spiro atoms. The third-order valence-corrected chi connectivity index (χ3v) is 7.11. The summed E-state index contributed by atoms with van der Waals surface area (Å²) in [5.41, 5.74) is 1.59. The minimum Gasteiger partial charge on any atom is -0.497 e. The molecule has 0 saturated carbocycles. The summed E-state index contributed by atoms with van der Waals surface area (Å²) in [7, 11) is 4.79. The SMILES string of the molecule is COc1ccc(C(=O)N2C(CC(C)C)SCC2C(=O)NCCc2ccc(OC)c(OC)c2)cc1. The van der Waals surface area contributed by atoms with Crippen LogP contribution in [0.5, 0.6) is 17.2 Å². The smallest absolute Gasteiger partial charge is 0.255 e. The number of rotatable bonds is 10. The van der Waals surface area contributed by atoms with Gasteiger partial charge in [0.2, 0.25) is 5.91 Å². The van der Waals surface area contributed by atoms with E-state index in [4.69, 9.17) is 14.2 Å². The van der Waals surface area contributed by atoms with Crippen LogP contribution in [0.25, 0.3) is 0 Å². The molecule has 1 aliphatic heterocycles. The Morgan fingerprint density at radius 3 is 2.35 bits per heavy atom. The number of thioether (sulfide) groups is 1. The zero-order chi connectivity index (χ0) is 24.7. The van der Waals surface area contributed by atoms with Crippen molar-refractivity contribution in [2.75, 3.05) is 33.6 Å². The first-order valence-corrected chi connectivity index (χ1v) is 12.5. The number of ether oxygens (including phenoxy) is 3. The first kappa shape index (κ1) is 25.7. The first-order chi connectivity index (χ1) is 16.4. The molecule has 34 heavy (non-hydrogen) atoms. The predicted molar refractivity (Wildman–Crippen MR) is 135 cm³/mol. The normalized spacial score (nSPS) is 17.5. The van der Waals surface area contributed by atoms with Gasteiger partial charge in [0.1, 0.15) is 11.8 Å². The van der Waals surface area contributed by atoms with Gasteiger partial charge in [-0.05, 0) is 60.7 Å². The van der Waals surface area contributed by atoms with Crippen molar-refractivity contribution in [3.8, 4) is 17.2 Å². The van der Waals surface area contributed by atoms with Gasteiger partial charge in [-0.25, -0.2) is 0 Å². The van der Waals surface area contributed by atoms with Gasteiger partial charge in [0, 0.05) is 17.9 Å². The summed E-state index contributed by atoms with van der Waals surface area (Å²) < 4.78 is 15.8. The largest absolute Gasteiger partial charge is 0.497 e. The van der Waals surface area contributed by atoms with Gasteiger partial charge in [-0.15, -0.1) is 11.8 Å². The zero-order valence-electron chi connectivity index (χ0n) is 20.5. The van der Waals surface area contributed by atoms with Gasteiger partial charge in [-0.1, -0.05) is 19.9 Å². The summed E-state index contributed by atoms with van der Waals surface area (Å²) >= 11 is 1.67. The van der Waals surface area contributed by atoms with E-state index in [1.807, 2.05) is 18.2 Å². The van der Waals surface area contributed by atoms with E-state index in [1.54, 1.807) is 62.3 Å². The highest BCUT2D eigenvalue weighted by molar-refractivity contribution is 8.00. The van der Waals surface area contributed by atoms with Crippen LogP contribution in [0.1, 0.15) is 36.2 Å². The third kappa shape index (κ3) is 6.17. The molecular weight excluding hydrogens is 452 g/mol. The number of amides is 2. The standard InChI is InChI=1S/C26H34N2O5S/c1-17(2)14-24-28(26(30)19-7-9-20(31-3)10-8-19)21(16-34-24)25(29)27-13-12-18-6-11-22(32-4)23(15-18)33-5/h6-11,15,17,21,24H,12-14,16H2,1-5H3,(H,27,29). The summed E-state index contributed by atoms with van der Waals surface area (Å²) in [6, 6.07) is 12.3. The van der Waals surface area contributed by atoms with Crippen LogP contribution in [0.2, 0.25) is 0 Å². The van der Waals surface area contributed by atoms with Crippen molar-refractivity contribution in [2.24, 2.45) is 5.92 Å². The molecule has 1 fully saturated rings. The van der Waals surface area contributed by atoms with Gasteiger partial charge in [0.05, 0.1) is 26.7 Å².